The highest BCUT2D eigenvalue weighted by Crippen LogP contribution is 2.32. The fourth-order valence-electron chi connectivity index (χ4n) is 4.03. The Morgan fingerprint density at radius 2 is 2.20 bits per heavy atom. The van der Waals surface area contributed by atoms with E-state index in [1.807, 2.05) is 6.07 Å². The Bertz CT molecular complexity index is 409. The Morgan fingerprint density at radius 3 is 2.90 bits per heavy atom. The third-order valence-electron chi connectivity index (χ3n) is 5.28. The van der Waals surface area contributed by atoms with Crippen LogP contribution < -0.4 is 5.32 Å². The van der Waals surface area contributed by atoms with Crippen LogP contribution in [0.1, 0.15) is 51.7 Å². The molecule has 2 atom stereocenters. The van der Waals surface area contributed by atoms with E-state index in [0.29, 0.717) is 17.6 Å². The molecule has 1 saturated carbocycles. The van der Waals surface area contributed by atoms with Gasteiger partial charge in [0.2, 0.25) is 0 Å². The van der Waals surface area contributed by atoms with Crippen molar-refractivity contribution in [2.45, 2.75) is 70.0 Å². The second kappa shape index (κ2) is 5.90. The smallest absolute Gasteiger partial charge is 0.105 e. The second-order valence-electron chi connectivity index (χ2n) is 6.88. The van der Waals surface area contributed by atoms with Crippen molar-refractivity contribution in [2.24, 2.45) is 0 Å². The number of piperazine rings is 1. The van der Waals surface area contributed by atoms with Gasteiger partial charge in [0.15, 0.2) is 0 Å². The molecule has 3 nitrogen and oxygen atoms in total. The van der Waals surface area contributed by atoms with Crippen molar-refractivity contribution in [1.29, 1.82) is 0 Å². The Hall–Kier alpha value is -0.800. The maximum atomic E-state index is 5.52. The molecule has 0 amide bonds. The number of hydrogen-bond acceptors (Lipinski definition) is 3. The summed E-state index contributed by atoms with van der Waals surface area (Å²) in [6.07, 6.45) is 9.71. The average Bonchev–Trinajstić information content (AvgIpc) is 2.96. The molecule has 3 rings (SSSR count). The first kappa shape index (κ1) is 14.2. The van der Waals surface area contributed by atoms with Crippen LogP contribution in [0.3, 0.4) is 0 Å². The van der Waals surface area contributed by atoms with Gasteiger partial charge < -0.3 is 9.73 Å². The molecule has 1 aromatic heterocycles. The van der Waals surface area contributed by atoms with E-state index in [-0.39, 0.29) is 0 Å². The first-order valence-corrected chi connectivity index (χ1v) is 8.22. The molecule has 0 radical (unpaired) electrons. The van der Waals surface area contributed by atoms with Crippen LogP contribution in [0, 0.1) is 0 Å². The lowest BCUT2D eigenvalue weighted by molar-refractivity contribution is 0.0347. The predicted molar refractivity (Wildman–Crippen MR) is 81.9 cm³/mol. The Kier molecular flexibility index (Phi) is 4.18. The summed E-state index contributed by atoms with van der Waals surface area (Å²) >= 11 is 0. The van der Waals surface area contributed by atoms with E-state index in [0.717, 1.165) is 18.7 Å². The van der Waals surface area contributed by atoms with Crippen LogP contribution in [0.25, 0.3) is 0 Å². The minimum atomic E-state index is 0.391. The number of nitrogens with zero attached hydrogens (tertiary/aromatic N) is 1. The van der Waals surface area contributed by atoms with Crippen molar-refractivity contribution in [3.8, 4) is 0 Å². The summed E-state index contributed by atoms with van der Waals surface area (Å²) in [5.41, 5.74) is 0.391. The van der Waals surface area contributed by atoms with Gasteiger partial charge >= 0.3 is 0 Å². The molecule has 2 heterocycles. The molecule has 3 heteroatoms. The van der Waals surface area contributed by atoms with E-state index in [1.54, 1.807) is 6.26 Å². The molecule has 1 aromatic rings. The fraction of sp³-hybridized carbons (Fsp3) is 0.765. The molecule has 2 unspecified atom stereocenters. The van der Waals surface area contributed by atoms with Gasteiger partial charge in [-0.05, 0) is 38.8 Å². The minimum absolute atomic E-state index is 0.391. The van der Waals surface area contributed by atoms with E-state index in [2.05, 4.69) is 30.1 Å². The summed E-state index contributed by atoms with van der Waals surface area (Å²) < 4.78 is 5.52. The number of hydrogen-bond donors (Lipinski definition) is 1. The van der Waals surface area contributed by atoms with Crippen molar-refractivity contribution < 1.29 is 4.42 Å². The van der Waals surface area contributed by atoms with Gasteiger partial charge in [0.05, 0.1) is 6.26 Å². The summed E-state index contributed by atoms with van der Waals surface area (Å²) in [5.74, 6) is 1.11. The summed E-state index contributed by atoms with van der Waals surface area (Å²) in [4.78, 5) is 2.70. The van der Waals surface area contributed by atoms with Crippen LogP contribution in [0.2, 0.25) is 0 Å². The van der Waals surface area contributed by atoms with Crippen LogP contribution in [0.15, 0.2) is 22.8 Å². The van der Waals surface area contributed by atoms with Crippen molar-refractivity contribution in [3.05, 3.63) is 24.2 Å². The maximum Gasteiger partial charge on any atom is 0.105 e. The third-order valence-corrected chi connectivity index (χ3v) is 5.28. The second-order valence-corrected chi connectivity index (χ2v) is 6.88. The van der Waals surface area contributed by atoms with E-state index < -0.39 is 0 Å². The predicted octanol–water partition coefficient (Wildman–Crippen LogP) is 3.21. The molecular weight excluding hydrogens is 248 g/mol. The lowest BCUT2D eigenvalue weighted by atomic mass is 9.79. The van der Waals surface area contributed by atoms with Gasteiger partial charge in [0, 0.05) is 37.1 Å². The monoisotopic (exact) mass is 276 g/mol. The molecule has 1 aliphatic carbocycles. The molecule has 0 bridgehead atoms. The quantitative estimate of drug-likeness (QED) is 0.919. The Balaban J connectivity index is 1.66. The summed E-state index contributed by atoms with van der Waals surface area (Å²) in [5, 5.41) is 3.86. The van der Waals surface area contributed by atoms with Crippen molar-refractivity contribution in [3.63, 3.8) is 0 Å². The molecule has 0 aromatic carbocycles. The molecular formula is C17H28N2O. The van der Waals surface area contributed by atoms with Gasteiger partial charge in [-0.2, -0.15) is 0 Å². The molecule has 1 saturated heterocycles. The standard InChI is InChI=1S/C17H28N2O/c1-14(11-16-7-6-10-20-16)19-13-17(18-12-15(19)2)8-4-3-5-9-17/h6-7,10,14-15,18H,3-5,8-9,11-13H2,1-2H3. The molecule has 1 spiro atoms. The zero-order valence-electron chi connectivity index (χ0n) is 12.9. The Labute approximate surface area is 122 Å². The van der Waals surface area contributed by atoms with E-state index in [1.165, 1.54) is 38.6 Å². The van der Waals surface area contributed by atoms with E-state index in [4.69, 9.17) is 4.42 Å². The van der Waals surface area contributed by atoms with Gasteiger partial charge in [-0.25, -0.2) is 0 Å². The highest BCUT2D eigenvalue weighted by molar-refractivity contribution is 5.04. The molecule has 2 fully saturated rings. The molecule has 20 heavy (non-hydrogen) atoms. The summed E-state index contributed by atoms with van der Waals surface area (Å²) in [7, 11) is 0. The van der Waals surface area contributed by atoms with Gasteiger partial charge in [-0.3, -0.25) is 4.90 Å². The normalized spacial score (nSPS) is 28.6. The number of rotatable bonds is 3. The third kappa shape index (κ3) is 2.94. The summed E-state index contributed by atoms with van der Waals surface area (Å²) in [6.45, 7) is 7.03. The first-order chi connectivity index (χ1) is 9.69. The van der Waals surface area contributed by atoms with Crippen LogP contribution in [0.5, 0.6) is 0 Å². The minimum Gasteiger partial charge on any atom is -0.469 e. The number of furan rings is 1. The zero-order chi connectivity index (χ0) is 14.0. The topological polar surface area (TPSA) is 28.4 Å². The molecule has 1 N–H and O–H groups in total. The largest absolute Gasteiger partial charge is 0.469 e. The Morgan fingerprint density at radius 1 is 1.40 bits per heavy atom. The SMILES string of the molecule is CC1CNC2(CCCCC2)CN1C(C)Cc1ccco1. The average molecular weight is 276 g/mol. The van der Waals surface area contributed by atoms with Gasteiger partial charge in [-0.1, -0.05) is 19.3 Å². The molecule has 2 aliphatic rings. The van der Waals surface area contributed by atoms with E-state index >= 15 is 0 Å². The van der Waals surface area contributed by atoms with Gasteiger partial charge in [0.1, 0.15) is 5.76 Å². The van der Waals surface area contributed by atoms with Crippen molar-refractivity contribution >= 4 is 0 Å². The highest BCUT2D eigenvalue weighted by Gasteiger charge is 2.39. The summed E-state index contributed by atoms with van der Waals surface area (Å²) in [6, 6.07) is 5.26. The lowest BCUT2D eigenvalue weighted by Crippen LogP contribution is -2.65. The first-order valence-electron chi connectivity index (χ1n) is 8.22. The molecule has 1 aliphatic heterocycles. The molecule has 112 valence electrons. The highest BCUT2D eigenvalue weighted by atomic mass is 16.3. The van der Waals surface area contributed by atoms with Crippen molar-refractivity contribution in [1.82, 2.24) is 10.2 Å². The number of nitrogens with one attached hydrogen (secondary N) is 1. The van der Waals surface area contributed by atoms with Crippen LogP contribution >= 0.6 is 0 Å². The van der Waals surface area contributed by atoms with Crippen LogP contribution in [0.4, 0.5) is 0 Å². The van der Waals surface area contributed by atoms with Crippen LogP contribution in [-0.4, -0.2) is 35.6 Å². The fourth-order valence-corrected chi connectivity index (χ4v) is 4.03. The lowest BCUT2D eigenvalue weighted by Gasteiger charge is -2.50. The van der Waals surface area contributed by atoms with Gasteiger partial charge in [-0.15, -0.1) is 0 Å². The maximum absolute atomic E-state index is 5.52. The van der Waals surface area contributed by atoms with Gasteiger partial charge in [0.25, 0.3) is 0 Å². The van der Waals surface area contributed by atoms with E-state index in [9.17, 15) is 0 Å². The zero-order valence-corrected chi connectivity index (χ0v) is 12.9. The van der Waals surface area contributed by atoms with Crippen molar-refractivity contribution in [2.75, 3.05) is 13.1 Å². The van der Waals surface area contributed by atoms with Crippen LogP contribution in [-0.2, 0) is 6.42 Å².